The summed E-state index contributed by atoms with van der Waals surface area (Å²) in [5.41, 5.74) is 0.589. The molecule has 8 heteroatoms. The number of halogens is 2. The Balaban J connectivity index is 1.49. The summed E-state index contributed by atoms with van der Waals surface area (Å²) in [6, 6.07) is 4.84. The number of urea groups is 1. The molecule has 0 aromatic heterocycles. The molecule has 1 saturated heterocycles. The van der Waals surface area contributed by atoms with Crippen molar-refractivity contribution in [1.82, 2.24) is 4.90 Å². The second-order valence-corrected chi connectivity index (χ2v) is 5.04. The van der Waals surface area contributed by atoms with E-state index in [4.69, 9.17) is 14.2 Å². The number of hydrogen-bond acceptors (Lipinski definition) is 4. The standard InChI is InChI=1S/C14H16F2N2O4/c15-13(16)8-22-10-6-18(7-10)14(19)17-9-1-2-11-12(5-9)21-4-3-20-11/h1-2,5,10,13H,3-4,6-8H2,(H,17,19). The van der Waals surface area contributed by atoms with Crippen LogP contribution in [0.2, 0.25) is 0 Å². The molecule has 120 valence electrons. The van der Waals surface area contributed by atoms with Crippen LogP contribution in [0.15, 0.2) is 18.2 Å². The van der Waals surface area contributed by atoms with Crippen molar-refractivity contribution in [3.63, 3.8) is 0 Å². The Labute approximate surface area is 125 Å². The summed E-state index contributed by atoms with van der Waals surface area (Å²) < 4.78 is 39.8. The van der Waals surface area contributed by atoms with Crippen LogP contribution in [0, 0.1) is 0 Å². The SMILES string of the molecule is O=C(Nc1ccc2c(c1)OCCO2)N1CC(OCC(F)F)C1. The number of fused-ring (bicyclic) bond motifs is 1. The van der Waals surface area contributed by atoms with Crippen LogP contribution in [0.1, 0.15) is 0 Å². The maximum absolute atomic E-state index is 12.0. The van der Waals surface area contributed by atoms with E-state index >= 15 is 0 Å². The number of carbonyl (C=O) groups excluding carboxylic acids is 1. The molecule has 1 aromatic rings. The van der Waals surface area contributed by atoms with E-state index in [1.807, 2.05) is 0 Å². The number of nitrogens with zero attached hydrogens (tertiary/aromatic N) is 1. The van der Waals surface area contributed by atoms with Gasteiger partial charge in [-0.05, 0) is 12.1 Å². The number of anilines is 1. The Morgan fingerprint density at radius 3 is 2.77 bits per heavy atom. The van der Waals surface area contributed by atoms with Crippen LogP contribution < -0.4 is 14.8 Å². The van der Waals surface area contributed by atoms with Crippen LogP contribution >= 0.6 is 0 Å². The minimum absolute atomic E-state index is 0.298. The predicted octanol–water partition coefficient (Wildman–Crippen LogP) is 1.96. The molecule has 2 heterocycles. The van der Waals surface area contributed by atoms with Crippen molar-refractivity contribution in [3.8, 4) is 11.5 Å². The van der Waals surface area contributed by atoms with E-state index in [-0.39, 0.29) is 12.1 Å². The van der Waals surface area contributed by atoms with E-state index in [0.29, 0.717) is 43.5 Å². The van der Waals surface area contributed by atoms with Crippen molar-refractivity contribution >= 4 is 11.7 Å². The number of likely N-dealkylation sites (tertiary alicyclic amines) is 1. The average molecular weight is 314 g/mol. The quantitative estimate of drug-likeness (QED) is 0.923. The molecule has 1 N–H and O–H groups in total. The highest BCUT2D eigenvalue weighted by atomic mass is 19.3. The lowest BCUT2D eigenvalue weighted by molar-refractivity contribution is -0.0732. The summed E-state index contributed by atoms with van der Waals surface area (Å²) in [5, 5.41) is 2.73. The van der Waals surface area contributed by atoms with Crippen LogP contribution in [0.5, 0.6) is 11.5 Å². The molecule has 6 nitrogen and oxygen atoms in total. The van der Waals surface area contributed by atoms with E-state index in [0.717, 1.165) is 0 Å². The highest BCUT2D eigenvalue weighted by molar-refractivity contribution is 5.90. The average Bonchev–Trinajstić information content (AvgIpc) is 2.45. The van der Waals surface area contributed by atoms with Gasteiger partial charge >= 0.3 is 6.03 Å². The van der Waals surface area contributed by atoms with Crippen LogP contribution in [-0.2, 0) is 4.74 Å². The largest absolute Gasteiger partial charge is 0.486 e. The van der Waals surface area contributed by atoms with Gasteiger partial charge in [-0.25, -0.2) is 13.6 Å². The zero-order valence-corrected chi connectivity index (χ0v) is 11.8. The molecule has 0 radical (unpaired) electrons. The van der Waals surface area contributed by atoms with Crippen molar-refractivity contribution in [2.75, 3.05) is 38.2 Å². The van der Waals surface area contributed by atoms with Crippen molar-refractivity contribution in [3.05, 3.63) is 18.2 Å². The second kappa shape index (κ2) is 6.35. The van der Waals surface area contributed by atoms with Gasteiger partial charge in [0.25, 0.3) is 6.43 Å². The van der Waals surface area contributed by atoms with Crippen LogP contribution in [-0.4, -0.2) is 56.4 Å². The topological polar surface area (TPSA) is 60.0 Å². The van der Waals surface area contributed by atoms with Gasteiger partial charge < -0.3 is 24.4 Å². The summed E-state index contributed by atoms with van der Waals surface area (Å²) >= 11 is 0. The monoisotopic (exact) mass is 314 g/mol. The first-order chi connectivity index (χ1) is 10.6. The molecule has 22 heavy (non-hydrogen) atoms. The molecule has 0 bridgehead atoms. The third-order valence-electron chi connectivity index (χ3n) is 3.39. The van der Waals surface area contributed by atoms with Gasteiger partial charge in [0.1, 0.15) is 19.8 Å². The zero-order valence-electron chi connectivity index (χ0n) is 11.8. The van der Waals surface area contributed by atoms with Gasteiger partial charge in [0.2, 0.25) is 0 Å². The number of ether oxygens (including phenoxy) is 3. The Kier molecular flexibility index (Phi) is 4.28. The number of hydrogen-bond donors (Lipinski definition) is 1. The minimum Gasteiger partial charge on any atom is -0.486 e. The second-order valence-electron chi connectivity index (χ2n) is 5.04. The first kappa shape index (κ1) is 14.8. The molecule has 0 spiro atoms. The third kappa shape index (κ3) is 3.38. The molecule has 2 aliphatic heterocycles. The van der Waals surface area contributed by atoms with Crippen molar-refractivity contribution in [1.29, 1.82) is 0 Å². The number of benzene rings is 1. The summed E-state index contributed by atoms with van der Waals surface area (Å²) in [6.45, 7) is 1.00. The summed E-state index contributed by atoms with van der Waals surface area (Å²) in [4.78, 5) is 13.5. The smallest absolute Gasteiger partial charge is 0.322 e. The maximum Gasteiger partial charge on any atom is 0.322 e. The van der Waals surface area contributed by atoms with Crippen molar-refractivity contribution < 1.29 is 27.8 Å². The number of alkyl halides is 2. The summed E-state index contributed by atoms with van der Waals surface area (Å²) in [5.74, 6) is 1.24. The number of carbonyl (C=O) groups is 1. The van der Waals surface area contributed by atoms with Crippen molar-refractivity contribution in [2.45, 2.75) is 12.5 Å². The van der Waals surface area contributed by atoms with E-state index in [2.05, 4.69) is 5.32 Å². The lowest BCUT2D eigenvalue weighted by Crippen LogP contribution is -2.56. The molecule has 0 atom stereocenters. The normalized spacial score (nSPS) is 17.3. The minimum atomic E-state index is -2.49. The Morgan fingerprint density at radius 2 is 2.05 bits per heavy atom. The number of amides is 2. The van der Waals surface area contributed by atoms with E-state index in [1.54, 1.807) is 18.2 Å². The van der Waals surface area contributed by atoms with E-state index in [1.165, 1.54) is 4.90 Å². The fourth-order valence-corrected chi connectivity index (χ4v) is 2.24. The fourth-order valence-electron chi connectivity index (χ4n) is 2.24. The molecule has 1 fully saturated rings. The van der Waals surface area contributed by atoms with Gasteiger partial charge in [-0.2, -0.15) is 0 Å². The molecular weight excluding hydrogens is 298 g/mol. The van der Waals surface area contributed by atoms with Gasteiger partial charge in [-0.15, -0.1) is 0 Å². The molecule has 0 unspecified atom stereocenters. The lowest BCUT2D eigenvalue weighted by Gasteiger charge is -2.38. The zero-order chi connectivity index (χ0) is 15.5. The molecule has 2 aliphatic rings. The van der Waals surface area contributed by atoms with E-state index in [9.17, 15) is 13.6 Å². The molecule has 2 amide bonds. The summed E-state index contributed by atoms with van der Waals surface area (Å²) in [7, 11) is 0. The molecular formula is C14H16F2N2O4. The highest BCUT2D eigenvalue weighted by Crippen LogP contribution is 2.32. The van der Waals surface area contributed by atoms with Crippen molar-refractivity contribution in [2.24, 2.45) is 0 Å². The first-order valence-electron chi connectivity index (χ1n) is 6.97. The first-order valence-corrected chi connectivity index (χ1v) is 6.97. The maximum atomic E-state index is 12.0. The van der Waals surface area contributed by atoms with Crippen LogP contribution in [0.25, 0.3) is 0 Å². The number of rotatable bonds is 4. The van der Waals surface area contributed by atoms with Gasteiger partial charge in [0, 0.05) is 11.8 Å². The lowest BCUT2D eigenvalue weighted by atomic mass is 10.2. The van der Waals surface area contributed by atoms with Crippen LogP contribution in [0.4, 0.5) is 19.3 Å². The third-order valence-corrected chi connectivity index (χ3v) is 3.39. The molecule has 0 aliphatic carbocycles. The molecule has 3 rings (SSSR count). The van der Waals surface area contributed by atoms with Gasteiger partial charge in [0.15, 0.2) is 11.5 Å². The van der Waals surface area contributed by atoms with Gasteiger partial charge in [-0.1, -0.05) is 0 Å². The van der Waals surface area contributed by atoms with E-state index < -0.39 is 13.0 Å². The highest BCUT2D eigenvalue weighted by Gasteiger charge is 2.32. The molecule has 0 saturated carbocycles. The van der Waals surface area contributed by atoms with Gasteiger partial charge in [-0.3, -0.25) is 0 Å². The van der Waals surface area contributed by atoms with Gasteiger partial charge in [0.05, 0.1) is 19.2 Å². The van der Waals surface area contributed by atoms with Crippen LogP contribution in [0.3, 0.4) is 0 Å². The Morgan fingerprint density at radius 1 is 1.32 bits per heavy atom. The predicted molar refractivity (Wildman–Crippen MR) is 73.8 cm³/mol. The Bertz CT molecular complexity index is 550. The molecule has 1 aromatic carbocycles. The number of nitrogens with one attached hydrogen (secondary N) is 1. The fraction of sp³-hybridized carbons (Fsp3) is 0.500. The Hall–Kier alpha value is -2.09. The summed E-state index contributed by atoms with van der Waals surface area (Å²) in [6.07, 6.45) is -2.80.